The Morgan fingerprint density at radius 2 is 1.77 bits per heavy atom. The lowest BCUT2D eigenvalue weighted by Crippen LogP contribution is -2.31. The van der Waals surface area contributed by atoms with Gasteiger partial charge in [-0.2, -0.15) is 0 Å². The molecule has 1 atom stereocenters. The molecule has 2 aromatic carbocycles. The summed E-state index contributed by atoms with van der Waals surface area (Å²) >= 11 is 0. The summed E-state index contributed by atoms with van der Waals surface area (Å²) in [5, 5.41) is 13.3. The molecule has 0 saturated heterocycles. The van der Waals surface area contributed by atoms with E-state index >= 15 is 0 Å². The van der Waals surface area contributed by atoms with Crippen LogP contribution in [0.15, 0.2) is 42.5 Å². The Kier molecular flexibility index (Phi) is 7.98. The second-order valence-electron chi connectivity index (χ2n) is 5.93. The monoisotopic (exact) mass is 418 g/mol. The molecule has 0 spiro atoms. The SMILES string of the molecule is CCOc1ccccc1OCC(=O)O[C@H](C)C(=O)Nc1ccc([N+](=O)[O-])cc1OC. The number of para-hydroxylation sites is 2. The highest BCUT2D eigenvalue weighted by molar-refractivity contribution is 5.96. The second-order valence-corrected chi connectivity index (χ2v) is 5.93. The fraction of sp³-hybridized carbons (Fsp3) is 0.300. The number of amides is 1. The maximum Gasteiger partial charge on any atom is 0.344 e. The standard InChI is InChI=1S/C20H22N2O8/c1-4-28-16-7-5-6-8-17(16)29-12-19(23)30-13(2)20(24)21-15-10-9-14(22(25)26)11-18(15)27-3/h5-11,13H,4,12H2,1-3H3,(H,21,24)/t13-/m1/s1. The highest BCUT2D eigenvalue weighted by Gasteiger charge is 2.21. The molecular weight excluding hydrogens is 396 g/mol. The van der Waals surface area contributed by atoms with Crippen LogP contribution in [0.5, 0.6) is 17.2 Å². The first kappa shape index (κ1) is 22.5. The number of non-ortho nitro benzene ring substituents is 1. The number of ether oxygens (including phenoxy) is 4. The third kappa shape index (κ3) is 6.09. The van der Waals surface area contributed by atoms with E-state index in [0.717, 1.165) is 0 Å². The summed E-state index contributed by atoms with van der Waals surface area (Å²) in [5.41, 5.74) is 0.0201. The molecule has 0 aliphatic heterocycles. The first-order chi connectivity index (χ1) is 14.3. The van der Waals surface area contributed by atoms with Crippen molar-refractivity contribution in [2.75, 3.05) is 25.6 Å². The lowest BCUT2D eigenvalue weighted by atomic mass is 10.2. The average molecular weight is 418 g/mol. The van der Waals surface area contributed by atoms with Gasteiger partial charge in [0.25, 0.3) is 11.6 Å². The number of nitro groups is 1. The molecule has 0 heterocycles. The fourth-order valence-corrected chi connectivity index (χ4v) is 2.40. The summed E-state index contributed by atoms with van der Waals surface area (Å²) in [7, 11) is 1.32. The zero-order chi connectivity index (χ0) is 22.1. The normalized spacial score (nSPS) is 11.2. The van der Waals surface area contributed by atoms with Crippen molar-refractivity contribution in [2.24, 2.45) is 0 Å². The predicted octanol–water partition coefficient (Wildman–Crippen LogP) is 2.95. The minimum Gasteiger partial charge on any atom is -0.494 e. The largest absolute Gasteiger partial charge is 0.494 e. The molecule has 0 unspecified atom stereocenters. The summed E-state index contributed by atoms with van der Waals surface area (Å²) in [6.45, 7) is 3.24. The van der Waals surface area contributed by atoms with Crippen LogP contribution in [0.2, 0.25) is 0 Å². The second kappa shape index (κ2) is 10.6. The Morgan fingerprint density at radius 1 is 1.10 bits per heavy atom. The minimum atomic E-state index is -1.14. The molecule has 0 aliphatic rings. The van der Waals surface area contributed by atoms with Crippen molar-refractivity contribution in [1.82, 2.24) is 0 Å². The summed E-state index contributed by atoms with van der Waals surface area (Å²) in [4.78, 5) is 34.6. The van der Waals surface area contributed by atoms with Crippen LogP contribution < -0.4 is 19.5 Å². The van der Waals surface area contributed by atoms with E-state index < -0.39 is 29.5 Å². The van der Waals surface area contributed by atoms with Crippen LogP contribution in [0.3, 0.4) is 0 Å². The van der Waals surface area contributed by atoms with E-state index in [1.54, 1.807) is 24.3 Å². The number of esters is 1. The molecule has 160 valence electrons. The van der Waals surface area contributed by atoms with Gasteiger partial charge in [-0.25, -0.2) is 4.79 Å². The van der Waals surface area contributed by atoms with E-state index in [-0.39, 0.29) is 17.1 Å². The van der Waals surface area contributed by atoms with Gasteiger partial charge >= 0.3 is 5.97 Å². The maximum atomic E-state index is 12.3. The van der Waals surface area contributed by atoms with Crippen LogP contribution in [0.1, 0.15) is 13.8 Å². The first-order valence-corrected chi connectivity index (χ1v) is 9.03. The predicted molar refractivity (Wildman–Crippen MR) is 107 cm³/mol. The van der Waals surface area contributed by atoms with Gasteiger partial charge in [-0.05, 0) is 32.0 Å². The van der Waals surface area contributed by atoms with Crippen LogP contribution in [0, 0.1) is 10.1 Å². The van der Waals surface area contributed by atoms with Gasteiger partial charge in [0, 0.05) is 6.07 Å². The van der Waals surface area contributed by atoms with Crippen molar-refractivity contribution < 1.29 is 33.5 Å². The van der Waals surface area contributed by atoms with Gasteiger partial charge in [-0.3, -0.25) is 14.9 Å². The van der Waals surface area contributed by atoms with Gasteiger partial charge in [0.1, 0.15) is 5.75 Å². The molecule has 0 saturated carbocycles. The topological polar surface area (TPSA) is 126 Å². The van der Waals surface area contributed by atoms with Crippen LogP contribution >= 0.6 is 0 Å². The quantitative estimate of drug-likeness (QED) is 0.354. The molecule has 2 rings (SSSR count). The Morgan fingerprint density at radius 3 is 2.37 bits per heavy atom. The van der Waals surface area contributed by atoms with E-state index in [0.29, 0.717) is 18.1 Å². The lowest BCUT2D eigenvalue weighted by Gasteiger charge is -2.16. The highest BCUT2D eigenvalue weighted by Crippen LogP contribution is 2.29. The molecular formula is C20H22N2O8. The molecule has 1 amide bonds. The number of methoxy groups -OCH3 is 1. The molecule has 0 bridgehead atoms. The van der Waals surface area contributed by atoms with Crippen LogP contribution in [0.25, 0.3) is 0 Å². The van der Waals surface area contributed by atoms with Crippen molar-refractivity contribution in [3.63, 3.8) is 0 Å². The van der Waals surface area contributed by atoms with E-state index in [4.69, 9.17) is 18.9 Å². The first-order valence-electron chi connectivity index (χ1n) is 9.03. The summed E-state index contributed by atoms with van der Waals surface area (Å²) < 4.78 is 20.9. The van der Waals surface area contributed by atoms with Crippen LogP contribution in [-0.2, 0) is 14.3 Å². The van der Waals surface area contributed by atoms with E-state index in [2.05, 4.69) is 5.32 Å². The van der Waals surface area contributed by atoms with Crippen molar-refractivity contribution in [3.8, 4) is 17.2 Å². The van der Waals surface area contributed by atoms with Crippen LogP contribution in [0.4, 0.5) is 11.4 Å². The molecule has 10 nitrogen and oxygen atoms in total. The molecule has 1 N–H and O–H groups in total. The highest BCUT2D eigenvalue weighted by atomic mass is 16.6. The Bertz CT molecular complexity index is 915. The van der Waals surface area contributed by atoms with E-state index in [1.807, 2.05) is 6.92 Å². The van der Waals surface area contributed by atoms with Crippen LogP contribution in [-0.4, -0.2) is 43.2 Å². The summed E-state index contributed by atoms with van der Waals surface area (Å²) in [6.07, 6.45) is -1.14. The smallest absolute Gasteiger partial charge is 0.344 e. The van der Waals surface area contributed by atoms with Gasteiger partial charge < -0.3 is 24.3 Å². The third-order valence-electron chi connectivity index (χ3n) is 3.83. The molecule has 0 radical (unpaired) electrons. The van der Waals surface area contributed by atoms with E-state index in [1.165, 1.54) is 32.2 Å². The number of carbonyl (C=O) groups is 2. The summed E-state index contributed by atoms with van der Waals surface area (Å²) in [6, 6.07) is 10.6. The van der Waals surface area contributed by atoms with Gasteiger partial charge in [0.15, 0.2) is 24.2 Å². The molecule has 0 fully saturated rings. The molecule has 0 aliphatic carbocycles. The van der Waals surface area contributed by atoms with Gasteiger partial charge in [-0.1, -0.05) is 12.1 Å². The van der Waals surface area contributed by atoms with Crippen molar-refractivity contribution in [1.29, 1.82) is 0 Å². The van der Waals surface area contributed by atoms with Crippen molar-refractivity contribution >= 4 is 23.3 Å². The summed E-state index contributed by atoms with van der Waals surface area (Å²) in [5.74, 6) is -0.412. The van der Waals surface area contributed by atoms with Gasteiger partial charge in [-0.15, -0.1) is 0 Å². The van der Waals surface area contributed by atoms with Crippen molar-refractivity contribution in [3.05, 3.63) is 52.6 Å². The van der Waals surface area contributed by atoms with Gasteiger partial charge in [0.05, 0.1) is 30.4 Å². The third-order valence-corrected chi connectivity index (χ3v) is 3.83. The van der Waals surface area contributed by atoms with Gasteiger partial charge in [0.2, 0.25) is 0 Å². The molecule has 0 aromatic heterocycles. The van der Waals surface area contributed by atoms with E-state index in [9.17, 15) is 19.7 Å². The Balaban J connectivity index is 1.93. The lowest BCUT2D eigenvalue weighted by molar-refractivity contribution is -0.384. The number of nitro benzene ring substituents is 1. The van der Waals surface area contributed by atoms with Crippen molar-refractivity contribution in [2.45, 2.75) is 20.0 Å². The molecule has 30 heavy (non-hydrogen) atoms. The number of benzene rings is 2. The number of rotatable bonds is 10. The zero-order valence-electron chi connectivity index (χ0n) is 16.7. The number of hydrogen-bond acceptors (Lipinski definition) is 8. The molecule has 2 aromatic rings. The minimum absolute atomic E-state index is 0.104. The molecule has 10 heteroatoms. The fourth-order valence-electron chi connectivity index (χ4n) is 2.40. The Hall–Kier alpha value is -3.82. The number of nitrogens with zero attached hydrogens (tertiary/aromatic N) is 1. The number of hydrogen-bond donors (Lipinski definition) is 1. The number of nitrogens with one attached hydrogen (secondary N) is 1. The zero-order valence-corrected chi connectivity index (χ0v) is 16.7. The number of carbonyl (C=O) groups excluding carboxylic acids is 2. The maximum absolute atomic E-state index is 12.3. The number of anilines is 1. The average Bonchev–Trinajstić information content (AvgIpc) is 2.73. The Labute approximate surface area is 172 Å².